The summed E-state index contributed by atoms with van der Waals surface area (Å²) in [4.78, 5) is 0. The second-order valence-corrected chi connectivity index (χ2v) is 6.39. The fourth-order valence-electron chi connectivity index (χ4n) is 3.14. The molecule has 0 radical (unpaired) electrons. The van der Waals surface area contributed by atoms with E-state index in [0.29, 0.717) is 5.92 Å². The van der Waals surface area contributed by atoms with Crippen molar-refractivity contribution in [3.63, 3.8) is 0 Å². The lowest BCUT2D eigenvalue weighted by Crippen LogP contribution is -2.18. The predicted octanol–water partition coefficient (Wildman–Crippen LogP) is 5.37. The lowest BCUT2D eigenvalue weighted by Gasteiger charge is -2.31. The maximum Gasteiger partial charge on any atom is 0.0150 e. The van der Waals surface area contributed by atoms with Gasteiger partial charge < -0.3 is 0 Å². The maximum absolute atomic E-state index is 2.36. The summed E-state index contributed by atoms with van der Waals surface area (Å²) in [6.45, 7) is 6.99. The average Bonchev–Trinajstić information content (AvgIpc) is 2.79. The van der Waals surface area contributed by atoms with Crippen molar-refractivity contribution >= 4 is 11.6 Å². The molecule has 0 fully saturated rings. The molecule has 0 amide bonds. The monoisotopic (exact) mass is 248 g/mol. The number of rotatable bonds is 1. The molecule has 0 bridgehead atoms. The second kappa shape index (κ2) is 4.38. The third-order valence-corrected chi connectivity index (χ3v) is 3.90. The van der Waals surface area contributed by atoms with E-state index in [9.17, 15) is 0 Å². The van der Waals surface area contributed by atoms with Gasteiger partial charge in [0.1, 0.15) is 0 Å². The van der Waals surface area contributed by atoms with Gasteiger partial charge in [0, 0.05) is 5.92 Å². The number of fused-ring (bicyclic) bond motifs is 1. The zero-order chi connectivity index (χ0) is 13.5. The second-order valence-electron chi connectivity index (χ2n) is 6.39. The number of allylic oxidation sites excluding steroid dienone is 1. The van der Waals surface area contributed by atoms with Crippen LogP contribution in [0.3, 0.4) is 0 Å². The fraction of sp³-hybridized carbons (Fsp3) is 0.263. The van der Waals surface area contributed by atoms with Crippen molar-refractivity contribution in [1.29, 1.82) is 0 Å². The molecule has 1 unspecified atom stereocenters. The Kier molecular flexibility index (Phi) is 2.82. The molecule has 0 heteroatoms. The van der Waals surface area contributed by atoms with Crippen molar-refractivity contribution in [3.05, 3.63) is 71.3 Å². The molecule has 1 aliphatic rings. The van der Waals surface area contributed by atoms with E-state index in [1.165, 1.54) is 22.3 Å². The number of benzene rings is 2. The first-order chi connectivity index (χ1) is 9.07. The van der Waals surface area contributed by atoms with E-state index in [2.05, 4.69) is 81.4 Å². The molecular formula is C19H20. The molecule has 19 heavy (non-hydrogen) atoms. The molecule has 1 atom stereocenters. The molecule has 2 aromatic carbocycles. The Hall–Kier alpha value is -1.82. The molecule has 1 aliphatic carbocycles. The summed E-state index contributed by atoms with van der Waals surface area (Å²) >= 11 is 0. The number of hydrogen-bond donors (Lipinski definition) is 0. The summed E-state index contributed by atoms with van der Waals surface area (Å²) in [7, 11) is 0. The van der Waals surface area contributed by atoms with Gasteiger partial charge >= 0.3 is 0 Å². The van der Waals surface area contributed by atoms with Gasteiger partial charge in [0.15, 0.2) is 0 Å². The van der Waals surface area contributed by atoms with E-state index in [-0.39, 0.29) is 5.41 Å². The van der Waals surface area contributed by atoms with E-state index in [1.54, 1.807) is 0 Å². The highest BCUT2D eigenvalue weighted by molar-refractivity contribution is 5.91. The average molecular weight is 248 g/mol. The third-order valence-electron chi connectivity index (χ3n) is 3.90. The minimum Gasteiger partial charge on any atom is -0.0622 e. The molecule has 0 N–H and O–H groups in total. The minimum atomic E-state index is 0.230. The Labute approximate surface area is 115 Å². The van der Waals surface area contributed by atoms with Crippen LogP contribution in [0, 0.1) is 5.41 Å². The molecule has 96 valence electrons. The summed E-state index contributed by atoms with van der Waals surface area (Å²) < 4.78 is 0. The molecule has 3 rings (SSSR count). The van der Waals surface area contributed by atoms with Crippen LogP contribution in [0.15, 0.2) is 54.6 Å². The van der Waals surface area contributed by atoms with Crippen LogP contribution in [0.4, 0.5) is 0 Å². The number of hydrogen-bond acceptors (Lipinski definition) is 0. The zero-order valence-corrected chi connectivity index (χ0v) is 11.9. The maximum atomic E-state index is 2.36. The van der Waals surface area contributed by atoms with E-state index in [4.69, 9.17) is 0 Å². The van der Waals surface area contributed by atoms with Crippen LogP contribution in [0.1, 0.15) is 43.4 Å². The van der Waals surface area contributed by atoms with Gasteiger partial charge in [0.2, 0.25) is 0 Å². The Morgan fingerprint density at radius 2 is 1.42 bits per heavy atom. The molecule has 2 aromatic rings. The van der Waals surface area contributed by atoms with Gasteiger partial charge in [-0.05, 0) is 27.7 Å². The molecule has 0 nitrogen and oxygen atoms in total. The van der Waals surface area contributed by atoms with E-state index < -0.39 is 0 Å². The van der Waals surface area contributed by atoms with Crippen molar-refractivity contribution < 1.29 is 0 Å². The van der Waals surface area contributed by atoms with Crippen molar-refractivity contribution in [1.82, 2.24) is 0 Å². The Morgan fingerprint density at radius 3 is 2.11 bits per heavy atom. The lowest BCUT2D eigenvalue weighted by molar-refractivity contribution is 0.377. The van der Waals surface area contributed by atoms with Gasteiger partial charge in [0.05, 0.1) is 0 Å². The van der Waals surface area contributed by atoms with Crippen molar-refractivity contribution in [2.75, 3.05) is 0 Å². The Morgan fingerprint density at radius 1 is 0.789 bits per heavy atom. The standard InChI is InChI=1S/C19H20/c1-19(2,3)18-16-12-8-7-11-15(16)13-17(18)14-9-5-4-6-10-14/h4-13,18H,1-3H3. The van der Waals surface area contributed by atoms with Gasteiger partial charge in [-0.1, -0.05) is 81.4 Å². The molecule has 0 saturated heterocycles. The van der Waals surface area contributed by atoms with Crippen LogP contribution in [0.2, 0.25) is 0 Å². The Bertz CT molecular complexity index is 612. The summed E-state index contributed by atoms with van der Waals surface area (Å²) in [6, 6.07) is 19.5. The van der Waals surface area contributed by atoms with Crippen LogP contribution < -0.4 is 0 Å². The minimum absolute atomic E-state index is 0.230. The van der Waals surface area contributed by atoms with E-state index in [1.807, 2.05) is 0 Å². The largest absolute Gasteiger partial charge is 0.0622 e. The summed E-state index contributed by atoms with van der Waals surface area (Å²) in [5.74, 6) is 0.478. The predicted molar refractivity (Wildman–Crippen MR) is 83.0 cm³/mol. The molecule has 0 heterocycles. The molecule has 0 saturated carbocycles. The first kappa shape index (κ1) is 12.2. The van der Waals surface area contributed by atoms with Crippen LogP contribution >= 0.6 is 0 Å². The smallest absolute Gasteiger partial charge is 0.0150 e. The van der Waals surface area contributed by atoms with E-state index in [0.717, 1.165) is 0 Å². The van der Waals surface area contributed by atoms with Gasteiger partial charge in [-0.25, -0.2) is 0 Å². The first-order valence-electron chi connectivity index (χ1n) is 6.93. The molecule has 0 aromatic heterocycles. The van der Waals surface area contributed by atoms with E-state index >= 15 is 0 Å². The molecular weight excluding hydrogens is 228 g/mol. The highest BCUT2D eigenvalue weighted by atomic mass is 14.4. The summed E-state index contributed by atoms with van der Waals surface area (Å²) in [6.07, 6.45) is 2.36. The van der Waals surface area contributed by atoms with Crippen LogP contribution in [-0.2, 0) is 0 Å². The van der Waals surface area contributed by atoms with Gasteiger partial charge in [-0.15, -0.1) is 0 Å². The van der Waals surface area contributed by atoms with Gasteiger partial charge in [0.25, 0.3) is 0 Å². The SMILES string of the molecule is CC(C)(C)C1C(c2ccccc2)=Cc2ccccc21. The summed E-state index contributed by atoms with van der Waals surface area (Å²) in [5, 5.41) is 0. The highest BCUT2D eigenvalue weighted by Crippen LogP contribution is 2.50. The molecule has 0 aliphatic heterocycles. The van der Waals surface area contributed by atoms with Crippen molar-refractivity contribution in [2.45, 2.75) is 26.7 Å². The Balaban J connectivity index is 2.16. The first-order valence-corrected chi connectivity index (χ1v) is 6.93. The zero-order valence-electron chi connectivity index (χ0n) is 11.9. The van der Waals surface area contributed by atoms with Crippen LogP contribution in [0.5, 0.6) is 0 Å². The quantitative estimate of drug-likeness (QED) is 0.636. The molecule has 0 spiro atoms. The topological polar surface area (TPSA) is 0 Å². The van der Waals surface area contributed by atoms with Gasteiger partial charge in [-0.2, -0.15) is 0 Å². The van der Waals surface area contributed by atoms with Crippen molar-refractivity contribution in [2.24, 2.45) is 5.41 Å². The normalized spacial score (nSPS) is 18.1. The fourth-order valence-corrected chi connectivity index (χ4v) is 3.14. The van der Waals surface area contributed by atoms with Crippen LogP contribution in [-0.4, -0.2) is 0 Å². The van der Waals surface area contributed by atoms with Crippen molar-refractivity contribution in [3.8, 4) is 0 Å². The van der Waals surface area contributed by atoms with Gasteiger partial charge in [-0.3, -0.25) is 0 Å². The third kappa shape index (κ3) is 2.12. The highest BCUT2D eigenvalue weighted by Gasteiger charge is 2.34. The van der Waals surface area contributed by atoms with Crippen LogP contribution in [0.25, 0.3) is 11.6 Å². The lowest BCUT2D eigenvalue weighted by atomic mass is 9.73. The summed E-state index contributed by atoms with van der Waals surface area (Å²) in [5.41, 5.74) is 5.87.